The minimum atomic E-state index is -3.97. The third-order valence-corrected chi connectivity index (χ3v) is 5.21. The number of amides is 1. The number of nitrogens with zero attached hydrogens (tertiary/aromatic N) is 1. The molecule has 2 rings (SSSR count). The quantitative estimate of drug-likeness (QED) is 0.796. The van der Waals surface area contributed by atoms with Crippen LogP contribution in [-0.4, -0.2) is 39.4 Å². The van der Waals surface area contributed by atoms with Crippen LogP contribution in [0.25, 0.3) is 0 Å². The Labute approximate surface area is 129 Å². The van der Waals surface area contributed by atoms with E-state index in [1.807, 2.05) is 0 Å². The van der Waals surface area contributed by atoms with Crippen molar-refractivity contribution >= 4 is 25.6 Å². The molecule has 0 aromatic heterocycles. The molecule has 1 aromatic carbocycles. The van der Waals surface area contributed by atoms with Crippen LogP contribution in [0.5, 0.6) is 5.75 Å². The fourth-order valence-electron chi connectivity index (χ4n) is 2.66. The first-order chi connectivity index (χ1) is 9.84. The van der Waals surface area contributed by atoms with Crippen molar-refractivity contribution < 1.29 is 17.9 Å². The van der Waals surface area contributed by atoms with Gasteiger partial charge in [0.2, 0.25) is 0 Å². The zero-order valence-corrected chi connectivity index (χ0v) is 13.6. The number of carbonyl (C=O) groups excluding carboxylic acids is 1. The minimum absolute atomic E-state index is 0.130. The number of benzene rings is 1. The molecule has 116 valence electrons. The Hall–Kier alpha value is -1.27. The number of rotatable bonds is 4. The van der Waals surface area contributed by atoms with Crippen molar-refractivity contribution in [2.24, 2.45) is 0 Å². The second-order valence-electron chi connectivity index (χ2n) is 5.16. The van der Waals surface area contributed by atoms with Crippen LogP contribution < -0.4 is 4.74 Å². The van der Waals surface area contributed by atoms with E-state index in [-0.39, 0.29) is 22.6 Å². The molecule has 0 spiro atoms. The lowest BCUT2D eigenvalue weighted by Crippen LogP contribution is -2.35. The van der Waals surface area contributed by atoms with Crippen molar-refractivity contribution in [3.63, 3.8) is 0 Å². The number of carbonyl (C=O) groups is 1. The molecule has 0 radical (unpaired) electrons. The van der Waals surface area contributed by atoms with E-state index in [0.29, 0.717) is 5.56 Å². The van der Waals surface area contributed by atoms with Crippen LogP contribution in [-0.2, 0) is 9.05 Å². The lowest BCUT2D eigenvalue weighted by molar-refractivity contribution is 0.0735. The zero-order chi connectivity index (χ0) is 15.6. The van der Waals surface area contributed by atoms with Crippen molar-refractivity contribution in [3.05, 3.63) is 23.8 Å². The molecule has 0 atom stereocenters. The predicted octanol–water partition coefficient (Wildman–Crippen LogP) is 2.64. The maximum atomic E-state index is 12.5. The molecule has 5 nitrogen and oxygen atoms in total. The van der Waals surface area contributed by atoms with E-state index in [1.165, 1.54) is 19.2 Å². The lowest BCUT2D eigenvalue weighted by atomic mass is 10.1. The summed E-state index contributed by atoms with van der Waals surface area (Å²) in [6, 6.07) is 4.49. The monoisotopic (exact) mass is 331 g/mol. The molecule has 0 N–H and O–H groups in total. The van der Waals surface area contributed by atoms with Crippen molar-refractivity contribution in [3.8, 4) is 5.75 Å². The third kappa shape index (κ3) is 3.49. The second kappa shape index (κ2) is 6.23. The zero-order valence-electron chi connectivity index (χ0n) is 12.0. The summed E-state index contributed by atoms with van der Waals surface area (Å²) in [5.74, 6) is -0.0730. The first-order valence-electron chi connectivity index (χ1n) is 6.74. The Morgan fingerprint density at radius 1 is 1.33 bits per heavy atom. The molecule has 0 saturated heterocycles. The van der Waals surface area contributed by atoms with Gasteiger partial charge in [0, 0.05) is 29.3 Å². The standard InChI is InChI=1S/C14H18ClNO4S/c1-16(11-5-3-4-6-11)14(17)10-7-8-12(20-2)13(9-10)21(15,18)19/h7-9,11H,3-6H2,1-2H3. The van der Waals surface area contributed by atoms with Gasteiger partial charge < -0.3 is 9.64 Å². The fourth-order valence-corrected chi connectivity index (χ4v) is 3.68. The summed E-state index contributed by atoms with van der Waals surface area (Å²) < 4.78 is 28.1. The highest BCUT2D eigenvalue weighted by atomic mass is 35.7. The molecule has 1 aliphatic rings. The largest absolute Gasteiger partial charge is 0.495 e. The Morgan fingerprint density at radius 2 is 1.95 bits per heavy atom. The SMILES string of the molecule is COc1ccc(C(=O)N(C)C2CCCC2)cc1S(=O)(=O)Cl. The average molecular weight is 332 g/mol. The van der Waals surface area contributed by atoms with Crippen molar-refractivity contribution in [2.75, 3.05) is 14.2 Å². The Balaban J connectivity index is 2.33. The molecule has 0 heterocycles. The number of hydrogen-bond acceptors (Lipinski definition) is 4. The van der Waals surface area contributed by atoms with Gasteiger partial charge in [0.1, 0.15) is 10.6 Å². The van der Waals surface area contributed by atoms with Crippen molar-refractivity contribution in [2.45, 2.75) is 36.6 Å². The molecule has 1 saturated carbocycles. The van der Waals surface area contributed by atoms with Crippen LogP contribution in [0.4, 0.5) is 0 Å². The average Bonchev–Trinajstić information content (AvgIpc) is 2.98. The molecule has 1 amide bonds. The van der Waals surface area contributed by atoms with Crippen LogP contribution >= 0.6 is 10.7 Å². The third-order valence-electron chi connectivity index (χ3n) is 3.87. The topological polar surface area (TPSA) is 63.7 Å². The summed E-state index contributed by atoms with van der Waals surface area (Å²) in [5.41, 5.74) is 0.296. The Bertz CT molecular complexity index is 638. The number of hydrogen-bond donors (Lipinski definition) is 0. The molecule has 1 aromatic rings. The van der Waals surface area contributed by atoms with E-state index < -0.39 is 9.05 Å². The molecule has 0 aliphatic heterocycles. The maximum absolute atomic E-state index is 12.5. The van der Waals surface area contributed by atoms with Gasteiger partial charge in [0.05, 0.1) is 7.11 Å². The first-order valence-corrected chi connectivity index (χ1v) is 9.05. The van der Waals surface area contributed by atoms with E-state index in [9.17, 15) is 13.2 Å². The minimum Gasteiger partial charge on any atom is -0.495 e. The number of methoxy groups -OCH3 is 1. The van der Waals surface area contributed by atoms with Crippen LogP contribution in [0.2, 0.25) is 0 Å². The summed E-state index contributed by atoms with van der Waals surface area (Å²) in [7, 11) is 4.52. The van der Waals surface area contributed by atoms with E-state index in [0.717, 1.165) is 25.7 Å². The molecule has 7 heteroatoms. The van der Waals surface area contributed by atoms with Crippen LogP contribution in [0.15, 0.2) is 23.1 Å². The van der Waals surface area contributed by atoms with Crippen LogP contribution in [0.1, 0.15) is 36.0 Å². The number of ether oxygens (including phenoxy) is 1. The summed E-state index contributed by atoms with van der Waals surface area (Å²) in [6.07, 6.45) is 4.20. The van der Waals surface area contributed by atoms with Crippen LogP contribution in [0.3, 0.4) is 0 Å². The highest BCUT2D eigenvalue weighted by Crippen LogP contribution is 2.29. The van der Waals surface area contributed by atoms with Gasteiger partial charge in [-0.2, -0.15) is 0 Å². The normalized spacial score (nSPS) is 16.0. The highest BCUT2D eigenvalue weighted by molar-refractivity contribution is 8.13. The lowest BCUT2D eigenvalue weighted by Gasteiger charge is -2.24. The van der Waals surface area contributed by atoms with E-state index >= 15 is 0 Å². The van der Waals surface area contributed by atoms with E-state index in [4.69, 9.17) is 15.4 Å². The smallest absolute Gasteiger partial charge is 0.265 e. The number of halogens is 1. The van der Waals surface area contributed by atoms with Gasteiger partial charge >= 0.3 is 0 Å². The second-order valence-corrected chi connectivity index (χ2v) is 7.69. The molecule has 0 unspecified atom stereocenters. The molecule has 1 fully saturated rings. The highest BCUT2D eigenvalue weighted by Gasteiger charge is 2.26. The molecular weight excluding hydrogens is 314 g/mol. The van der Waals surface area contributed by atoms with Gasteiger partial charge in [-0.25, -0.2) is 8.42 Å². The molecular formula is C14H18ClNO4S. The molecule has 1 aliphatic carbocycles. The Kier molecular flexibility index (Phi) is 4.78. The molecule has 21 heavy (non-hydrogen) atoms. The summed E-state index contributed by atoms with van der Waals surface area (Å²) in [5, 5.41) is 0. The van der Waals surface area contributed by atoms with Gasteiger partial charge in [-0.3, -0.25) is 4.79 Å². The van der Waals surface area contributed by atoms with E-state index in [2.05, 4.69) is 0 Å². The predicted molar refractivity (Wildman–Crippen MR) is 80.4 cm³/mol. The summed E-state index contributed by atoms with van der Waals surface area (Å²) in [6.45, 7) is 0. The van der Waals surface area contributed by atoms with Gasteiger partial charge in [0.15, 0.2) is 0 Å². The fraction of sp³-hybridized carbons (Fsp3) is 0.500. The van der Waals surface area contributed by atoms with Crippen molar-refractivity contribution in [1.82, 2.24) is 4.90 Å². The molecule has 0 bridgehead atoms. The van der Waals surface area contributed by atoms with Crippen LogP contribution in [0, 0.1) is 0 Å². The summed E-state index contributed by atoms with van der Waals surface area (Å²) in [4.78, 5) is 14.0. The van der Waals surface area contributed by atoms with Crippen molar-refractivity contribution in [1.29, 1.82) is 0 Å². The van der Waals surface area contributed by atoms with Gasteiger partial charge in [-0.1, -0.05) is 12.8 Å². The van der Waals surface area contributed by atoms with Gasteiger partial charge in [-0.05, 0) is 31.0 Å². The first kappa shape index (κ1) is 16.1. The van der Waals surface area contributed by atoms with Gasteiger partial charge in [-0.15, -0.1) is 0 Å². The Morgan fingerprint density at radius 3 is 2.48 bits per heavy atom. The summed E-state index contributed by atoms with van der Waals surface area (Å²) >= 11 is 0. The van der Waals surface area contributed by atoms with Gasteiger partial charge in [0.25, 0.3) is 15.0 Å². The van der Waals surface area contributed by atoms with E-state index in [1.54, 1.807) is 18.0 Å². The maximum Gasteiger partial charge on any atom is 0.265 e.